The van der Waals surface area contributed by atoms with Crippen LogP contribution in [0.25, 0.3) is 0 Å². The van der Waals surface area contributed by atoms with E-state index in [1.54, 1.807) is 18.0 Å². The molecule has 3 amide bonds. The van der Waals surface area contributed by atoms with Gasteiger partial charge in [-0.3, -0.25) is 9.52 Å². The second-order valence-electron chi connectivity index (χ2n) is 9.64. The van der Waals surface area contributed by atoms with E-state index in [1.807, 2.05) is 4.72 Å². The van der Waals surface area contributed by atoms with Crippen LogP contribution in [0.1, 0.15) is 44.1 Å². The topological polar surface area (TPSA) is 107 Å². The van der Waals surface area contributed by atoms with Gasteiger partial charge in [0.05, 0.1) is 12.3 Å². The fourth-order valence-corrected chi connectivity index (χ4v) is 5.01. The molecule has 1 saturated carbocycles. The van der Waals surface area contributed by atoms with Crippen LogP contribution in [-0.2, 0) is 20.7 Å². The molecule has 2 atom stereocenters. The van der Waals surface area contributed by atoms with Gasteiger partial charge in [-0.15, -0.1) is 0 Å². The number of amides is 3. The molecule has 35 heavy (non-hydrogen) atoms. The zero-order valence-electron chi connectivity index (χ0n) is 20.0. The first-order chi connectivity index (χ1) is 16.3. The van der Waals surface area contributed by atoms with Crippen molar-refractivity contribution in [3.05, 3.63) is 48.0 Å². The predicted molar refractivity (Wildman–Crippen MR) is 127 cm³/mol. The Labute approximate surface area is 205 Å². The van der Waals surface area contributed by atoms with E-state index in [0.717, 1.165) is 31.6 Å². The number of halogens is 2. The average molecular weight is 514 g/mol. The predicted octanol–water partition coefficient (Wildman–Crippen LogP) is 2.85. The molecular weight excluding hydrogens is 480 g/mol. The monoisotopic (exact) mass is 513 g/mol. The number of nitrogens with one attached hydrogen (secondary N) is 1. The van der Waals surface area contributed by atoms with Gasteiger partial charge < -0.3 is 14.9 Å². The molecule has 1 aromatic carbocycles. The van der Waals surface area contributed by atoms with Crippen molar-refractivity contribution in [1.82, 2.24) is 14.5 Å². The number of carbonyl (C=O) groups excluding carboxylic acids is 2. The molecule has 1 aliphatic carbocycles. The molecule has 3 rings (SSSR count). The molecule has 1 heterocycles. The largest absolute Gasteiger partial charge is 0.382 e. The smallest absolute Gasteiger partial charge is 0.320 e. The molecule has 2 N–H and O–H groups in total. The highest BCUT2D eigenvalue weighted by atomic mass is 32.2. The van der Waals surface area contributed by atoms with Crippen LogP contribution >= 0.6 is 0 Å². The van der Waals surface area contributed by atoms with E-state index >= 15 is 0 Å². The van der Waals surface area contributed by atoms with Crippen LogP contribution in [0.5, 0.6) is 0 Å². The minimum Gasteiger partial charge on any atom is -0.382 e. The number of likely N-dealkylation sites (N-methyl/N-ethyl adjacent to an activating group) is 1. The zero-order chi connectivity index (χ0) is 25.9. The number of carbonyl (C=O) groups is 2. The lowest BCUT2D eigenvalue weighted by Gasteiger charge is -2.24. The van der Waals surface area contributed by atoms with Crippen LogP contribution in [-0.4, -0.2) is 73.8 Å². The van der Waals surface area contributed by atoms with Crippen molar-refractivity contribution in [3.8, 4) is 0 Å². The van der Waals surface area contributed by atoms with Crippen molar-refractivity contribution < 1.29 is 31.9 Å². The Morgan fingerprint density at radius 3 is 2.54 bits per heavy atom. The van der Waals surface area contributed by atoms with E-state index in [9.17, 15) is 31.9 Å². The van der Waals surface area contributed by atoms with Gasteiger partial charge in [-0.05, 0) is 37.5 Å². The van der Waals surface area contributed by atoms with E-state index in [-0.39, 0.29) is 23.4 Å². The van der Waals surface area contributed by atoms with E-state index in [0.29, 0.717) is 25.9 Å². The maximum absolute atomic E-state index is 14.6. The third-order valence-corrected chi connectivity index (χ3v) is 7.32. The van der Waals surface area contributed by atoms with E-state index < -0.39 is 34.0 Å². The van der Waals surface area contributed by atoms with Crippen molar-refractivity contribution in [2.24, 2.45) is 5.41 Å². The van der Waals surface area contributed by atoms with Crippen LogP contribution in [0.2, 0.25) is 0 Å². The Morgan fingerprint density at radius 2 is 1.94 bits per heavy atom. The number of aliphatic hydroxyl groups excluding tert-OH is 1. The van der Waals surface area contributed by atoms with Gasteiger partial charge in [0.1, 0.15) is 6.10 Å². The maximum Gasteiger partial charge on any atom is 0.320 e. The van der Waals surface area contributed by atoms with Crippen molar-refractivity contribution in [1.29, 1.82) is 0 Å². The third-order valence-electron chi connectivity index (χ3n) is 6.72. The standard InChI is InChI=1S/C24H33F2N3O5S/c1-28-17-19(9-10-20(30)24(25,26)18-7-4-3-5-8-18)29(22(28)32)16-6-12-23(14-15-23)13-11-21(31)27-35(2,33)34/h3-5,7-10,19-20,30H,6,11-17H2,1-2H3,(H,27,31). The lowest BCUT2D eigenvalue weighted by molar-refractivity contribution is -0.119. The number of urea groups is 1. The molecule has 0 spiro atoms. The number of aliphatic hydroxyl groups is 1. The summed E-state index contributed by atoms with van der Waals surface area (Å²) in [7, 11) is -1.93. The number of hydrogen-bond acceptors (Lipinski definition) is 5. The molecule has 8 nitrogen and oxygen atoms in total. The minimum atomic E-state index is -3.57. The molecule has 0 radical (unpaired) electrons. The molecule has 1 aliphatic heterocycles. The Balaban J connectivity index is 1.54. The average Bonchev–Trinajstić information content (AvgIpc) is 3.51. The highest BCUT2D eigenvalue weighted by Gasteiger charge is 2.43. The fraction of sp³-hybridized carbons (Fsp3) is 0.583. The molecule has 0 aromatic heterocycles. The summed E-state index contributed by atoms with van der Waals surface area (Å²) in [5.74, 6) is -3.98. The van der Waals surface area contributed by atoms with Gasteiger partial charge in [-0.25, -0.2) is 13.2 Å². The zero-order valence-corrected chi connectivity index (χ0v) is 20.8. The van der Waals surface area contributed by atoms with Gasteiger partial charge in [0.15, 0.2) is 0 Å². The molecule has 1 saturated heterocycles. The SMILES string of the molecule is CN1CC(C=CC(O)C(F)(F)c2ccccc2)N(CCCC2(CCC(=O)NS(C)(=O)=O)CC2)C1=O. The summed E-state index contributed by atoms with van der Waals surface area (Å²) in [6, 6.07) is 6.46. The number of sulfonamides is 1. The van der Waals surface area contributed by atoms with Gasteiger partial charge >= 0.3 is 12.0 Å². The Morgan fingerprint density at radius 1 is 1.29 bits per heavy atom. The molecule has 194 valence electrons. The molecular formula is C24H33F2N3O5S. The summed E-state index contributed by atoms with van der Waals surface area (Å²) in [5.41, 5.74) is -0.309. The maximum atomic E-state index is 14.6. The quantitative estimate of drug-likeness (QED) is 0.418. The molecule has 2 unspecified atom stereocenters. The van der Waals surface area contributed by atoms with Gasteiger partial charge in [0.2, 0.25) is 15.9 Å². The summed E-state index contributed by atoms with van der Waals surface area (Å²) in [6.45, 7) is 0.746. The Hall–Kier alpha value is -2.53. The first kappa shape index (κ1) is 27.1. The highest BCUT2D eigenvalue weighted by molar-refractivity contribution is 7.89. The molecule has 2 fully saturated rings. The third kappa shape index (κ3) is 7.23. The summed E-state index contributed by atoms with van der Waals surface area (Å²) in [5, 5.41) is 10.2. The first-order valence-corrected chi connectivity index (χ1v) is 13.5. The van der Waals surface area contributed by atoms with Crippen LogP contribution in [0.3, 0.4) is 0 Å². The second-order valence-corrected chi connectivity index (χ2v) is 11.4. The van der Waals surface area contributed by atoms with Crippen LogP contribution in [0.15, 0.2) is 42.5 Å². The lowest BCUT2D eigenvalue weighted by atomic mass is 9.94. The Kier molecular flexibility index (Phi) is 8.21. The van der Waals surface area contributed by atoms with Crippen molar-refractivity contribution in [3.63, 3.8) is 0 Å². The molecule has 0 bridgehead atoms. The summed E-state index contributed by atoms with van der Waals surface area (Å²) in [4.78, 5) is 27.5. The Bertz CT molecular complexity index is 1040. The molecule has 2 aliphatic rings. The minimum absolute atomic E-state index is 0.0250. The van der Waals surface area contributed by atoms with Crippen LogP contribution < -0.4 is 4.72 Å². The van der Waals surface area contributed by atoms with Gasteiger partial charge in [-0.2, -0.15) is 8.78 Å². The summed E-state index contributed by atoms with van der Waals surface area (Å²) >= 11 is 0. The highest BCUT2D eigenvalue weighted by Crippen LogP contribution is 2.53. The second kappa shape index (κ2) is 10.6. The van der Waals surface area contributed by atoms with Crippen LogP contribution in [0.4, 0.5) is 13.6 Å². The van der Waals surface area contributed by atoms with Crippen LogP contribution in [0, 0.1) is 5.41 Å². The van der Waals surface area contributed by atoms with Gasteiger partial charge in [-0.1, -0.05) is 42.5 Å². The summed E-state index contributed by atoms with van der Waals surface area (Å²) < 4.78 is 53.5. The first-order valence-electron chi connectivity index (χ1n) is 11.7. The van der Waals surface area contributed by atoms with E-state index in [1.165, 1.54) is 35.2 Å². The van der Waals surface area contributed by atoms with Gasteiger partial charge in [0, 0.05) is 32.1 Å². The van der Waals surface area contributed by atoms with E-state index in [4.69, 9.17) is 0 Å². The number of alkyl halides is 2. The fourth-order valence-electron chi connectivity index (χ4n) is 4.49. The number of rotatable bonds is 12. The number of nitrogens with zero attached hydrogens (tertiary/aromatic N) is 2. The van der Waals surface area contributed by atoms with Crippen molar-refractivity contribution >= 4 is 22.0 Å². The number of benzene rings is 1. The lowest BCUT2D eigenvalue weighted by Crippen LogP contribution is -2.35. The van der Waals surface area contributed by atoms with E-state index in [2.05, 4.69) is 0 Å². The normalized spacial score (nSPS) is 20.9. The van der Waals surface area contributed by atoms with Gasteiger partial charge in [0.25, 0.3) is 0 Å². The molecule has 11 heteroatoms. The van der Waals surface area contributed by atoms with Crippen molar-refractivity contribution in [2.75, 3.05) is 26.4 Å². The number of hydrogen-bond donors (Lipinski definition) is 2. The molecule has 1 aromatic rings. The summed E-state index contributed by atoms with van der Waals surface area (Å²) in [6.07, 6.45) is 5.45. The van der Waals surface area contributed by atoms with Crippen molar-refractivity contribution in [2.45, 2.75) is 56.6 Å².